The van der Waals surface area contributed by atoms with Gasteiger partial charge in [-0.1, -0.05) is 20.8 Å². The van der Waals surface area contributed by atoms with Gasteiger partial charge in [-0.3, -0.25) is 4.68 Å². The first kappa shape index (κ1) is 17.7. The molecule has 4 nitrogen and oxygen atoms in total. The molecule has 2 atom stereocenters. The number of nitrogens with zero attached hydrogens (tertiary/aromatic N) is 2. The SMILES string of the molecule is CCOC(C(Cc1c(Br)c(C)nn1C)NC)C(C)(C)C. The molecule has 0 spiro atoms. The maximum absolute atomic E-state index is 6.01. The molecule has 0 amide bonds. The summed E-state index contributed by atoms with van der Waals surface area (Å²) in [5.41, 5.74) is 2.32. The van der Waals surface area contributed by atoms with Crippen LogP contribution in [0, 0.1) is 12.3 Å². The third-order valence-corrected chi connectivity index (χ3v) is 4.64. The summed E-state index contributed by atoms with van der Waals surface area (Å²) in [4.78, 5) is 0. The number of hydrogen-bond donors (Lipinski definition) is 1. The van der Waals surface area contributed by atoms with Crippen molar-refractivity contribution in [3.8, 4) is 0 Å². The van der Waals surface area contributed by atoms with E-state index in [1.807, 2.05) is 25.7 Å². The number of rotatable bonds is 6. The molecule has 0 radical (unpaired) electrons. The lowest BCUT2D eigenvalue weighted by molar-refractivity contribution is -0.0344. The average molecular weight is 346 g/mol. The van der Waals surface area contributed by atoms with Crippen molar-refractivity contribution in [2.75, 3.05) is 13.7 Å². The van der Waals surface area contributed by atoms with E-state index < -0.39 is 0 Å². The number of nitrogens with one attached hydrogen (secondary N) is 1. The van der Waals surface area contributed by atoms with Gasteiger partial charge >= 0.3 is 0 Å². The van der Waals surface area contributed by atoms with Crippen LogP contribution >= 0.6 is 15.9 Å². The molecule has 5 heteroatoms. The van der Waals surface area contributed by atoms with Gasteiger partial charge in [0.2, 0.25) is 0 Å². The van der Waals surface area contributed by atoms with Crippen LogP contribution in [-0.2, 0) is 18.2 Å². The Bertz CT molecular complexity index is 437. The minimum atomic E-state index is 0.0871. The van der Waals surface area contributed by atoms with E-state index in [1.54, 1.807) is 0 Å². The summed E-state index contributed by atoms with van der Waals surface area (Å²) in [5.74, 6) is 0. The first-order chi connectivity index (χ1) is 9.22. The normalized spacial score (nSPS) is 15.4. The van der Waals surface area contributed by atoms with Crippen LogP contribution in [0.1, 0.15) is 39.1 Å². The van der Waals surface area contributed by atoms with E-state index in [9.17, 15) is 0 Å². The molecule has 1 aromatic heterocycles. The van der Waals surface area contributed by atoms with Crippen molar-refractivity contribution in [2.24, 2.45) is 12.5 Å². The molecule has 0 aliphatic heterocycles. The maximum atomic E-state index is 6.01. The number of halogens is 1. The van der Waals surface area contributed by atoms with Crippen molar-refractivity contribution in [3.05, 3.63) is 15.9 Å². The zero-order valence-corrected chi connectivity index (χ0v) is 15.3. The van der Waals surface area contributed by atoms with Crippen LogP contribution < -0.4 is 5.32 Å². The molecule has 0 aromatic carbocycles. The molecule has 0 bridgehead atoms. The van der Waals surface area contributed by atoms with Gasteiger partial charge in [-0.2, -0.15) is 5.10 Å². The Morgan fingerprint density at radius 1 is 1.40 bits per heavy atom. The third kappa shape index (κ3) is 4.06. The van der Waals surface area contributed by atoms with Gasteiger partial charge in [-0.05, 0) is 42.2 Å². The van der Waals surface area contributed by atoms with Gasteiger partial charge < -0.3 is 10.1 Å². The molecule has 0 saturated heterocycles. The Kier molecular flexibility index (Phi) is 6.23. The fraction of sp³-hybridized carbons (Fsp3) is 0.800. The quantitative estimate of drug-likeness (QED) is 0.860. The summed E-state index contributed by atoms with van der Waals surface area (Å²) < 4.78 is 9.07. The second-order valence-corrected chi connectivity index (χ2v) is 7.10. The molecular weight excluding hydrogens is 318 g/mol. The van der Waals surface area contributed by atoms with Crippen molar-refractivity contribution in [1.29, 1.82) is 0 Å². The molecule has 1 rings (SSSR count). The molecule has 116 valence electrons. The Labute approximate surface area is 131 Å². The highest BCUT2D eigenvalue weighted by Gasteiger charge is 2.33. The van der Waals surface area contributed by atoms with Gasteiger partial charge in [-0.25, -0.2) is 0 Å². The third-order valence-electron chi connectivity index (χ3n) is 3.61. The second kappa shape index (κ2) is 7.05. The fourth-order valence-corrected chi connectivity index (χ4v) is 3.12. The smallest absolute Gasteiger partial charge is 0.0779 e. The highest BCUT2D eigenvalue weighted by Crippen LogP contribution is 2.29. The Hall–Kier alpha value is -0.390. The van der Waals surface area contributed by atoms with E-state index in [4.69, 9.17) is 4.74 Å². The Morgan fingerprint density at radius 2 is 2.00 bits per heavy atom. The monoisotopic (exact) mass is 345 g/mol. The summed E-state index contributed by atoms with van der Waals surface area (Å²) >= 11 is 3.65. The van der Waals surface area contributed by atoms with Crippen molar-refractivity contribution in [3.63, 3.8) is 0 Å². The van der Waals surface area contributed by atoms with Crippen LogP contribution in [-0.4, -0.2) is 35.6 Å². The van der Waals surface area contributed by atoms with E-state index in [1.165, 1.54) is 5.69 Å². The number of ether oxygens (including phenoxy) is 1. The van der Waals surface area contributed by atoms with Gasteiger partial charge in [0.15, 0.2) is 0 Å². The lowest BCUT2D eigenvalue weighted by Gasteiger charge is -2.36. The van der Waals surface area contributed by atoms with E-state index in [0.29, 0.717) is 0 Å². The van der Waals surface area contributed by atoms with Gasteiger partial charge in [0.1, 0.15) is 0 Å². The summed E-state index contributed by atoms with van der Waals surface area (Å²) in [6.45, 7) is 11.5. The van der Waals surface area contributed by atoms with Crippen LogP contribution in [0.4, 0.5) is 0 Å². The summed E-state index contributed by atoms with van der Waals surface area (Å²) in [7, 11) is 3.99. The van der Waals surface area contributed by atoms with Crippen molar-refractivity contribution in [2.45, 2.75) is 53.2 Å². The van der Waals surface area contributed by atoms with E-state index in [0.717, 1.165) is 23.2 Å². The maximum Gasteiger partial charge on any atom is 0.0779 e. The number of aromatic nitrogens is 2. The van der Waals surface area contributed by atoms with Gasteiger partial charge in [0, 0.05) is 26.1 Å². The first-order valence-corrected chi connectivity index (χ1v) is 7.98. The van der Waals surface area contributed by atoms with Gasteiger partial charge in [0.05, 0.1) is 22.0 Å². The summed E-state index contributed by atoms with van der Waals surface area (Å²) in [5, 5.41) is 7.89. The molecule has 1 N–H and O–H groups in total. The molecule has 0 fully saturated rings. The van der Waals surface area contributed by atoms with Gasteiger partial charge in [0.25, 0.3) is 0 Å². The highest BCUT2D eigenvalue weighted by atomic mass is 79.9. The largest absolute Gasteiger partial charge is 0.376 e. The predicted molar refractivity (Wildman–Crippen MR) is 87.1 cm³/mol. The Balaban J connectivity index is 3.00. The van der Waals surface area contributed by atoms with E-state index >= 15 is 0 Å². The molecular formula is C15H28BrN3O. The molecule has 20 heavy (non-hydrogen) atoms. The number of aryl methyl sites for hydroxylation is 2. The molecule has 0 aliphatic rings. The molecule has 2 unspecified atom stereocenters. The zero-order chi connectivity index (χ0) is 15.5. The predicted octanol–water partition coefficient (Wildman–Crippen LogP) is 3.07. The average Bonchev–Trinajstić information content (AvgIpc) is 2.58. The second-order valence-electron chi connectivity index (χ2n) is 6.31. The van der Waals surface area contributed by atoms with Crippen molar-refractivity contribution in [1.82, 2.24) is 15.1 Å². The highest BCUT2D eigenvalue weighted by molar-refractivity contribution is 9.10. The van der Waals surface area contributed by atoms with Crippen LogP contribution in [0.3, 0.4) is 0 Å². The van der Waals surface area contributed by atoms with Crippen LogP contribution in [0.2, 0.25) is 0 Å². The van der Waals surface area contributed by atoms with Crippen LogP contribution in [0.25, 0.3) is 0 Å². The zero-order valence-electron chi connectivity index (χ0n) is 13.7. The first-order valence-electron chi connectivity index (χ1n) is 7.19. The van der Waals surface area contributed by atoms with Crippen LogP contribution in [0.15, 0.2) is 4.47 Å². The molecule has 0 aliphatic carbocycles. The number of likely N-dealkylation sites (N-methyl/N-ethyl adjacent to an activating group) is 1. The fourth-order valence-electron chi connectivity index (χ4n) is 2.62. The summed E-state index contributed by atoms with van der Waals surface area (Å²) in [6, 6.07) is 0.251. The standard InChI is InChI=1S/C15H28BrN3O/c1-8-20-14(15(3,4)5)11(17-6)9-12-13(16)10(2)18-19(12)7/h11,14,17H,8-9H2,1-7H3. The summed E-state index contributed by atoms with van der Waals surface area (Å²) in [6.07, 6.45) is 1.04. The molecule has 1 heterocycles. The Morgan fingerprint density at radius 3 is 2.35 bits per heavy atom. The number of hydrogen-bond acceptors (Lipinski definition) is 3. The minimum absolute atomic E-state index is 0.0871. The van der Waals surface area contributed by atoms with E-state index in [2.05, 4.69) is 54.0 Å². The van der Waals surface area contributed by atoms with Crippen molar-refractivity contribution < 1.29 is 4.74 Å². The lowest BCUT2D eigenvalue weighted by atomic mass is 9.83. The van der Waals surface area contributed by atoms with Gasteiger partial charge in [-0.15, -0.1) is 0 Å². The minimum Gasteiger partial charge on any atom is -0.376 e. The topological polar surface area (TPSA) is 39.1 Å². The molecule has 1 aromatic rings. The van der Waals surface area contributed by atoms with E-state index in [-0.39, 0.29) is 17.6 Å². The van der Waals surface area contributed by atoms with Crippen molar-refractivity contribution >= 4 is 15.9 Å². The molecule has 0 saturated carbocycles. The van der Waals surface area contributed by atoms with Crippen LogP contribution in [0.5, 0.6) is 0 Å². The lowest BCUT2D eigenvalue weighted by Crippen LogP contribution is -2.48.